The van der Waals surface area contributed by atoms with E-state index < -0.39 is 0 Å². The molecule has 0 aliphatic heterocycles. The Morgan fingerprint density at radius 1 is 1.32 bits per heavy atom. The molecule has 0 heterocycles. The van der Waals surface area contributed by atoms with Crippen LogP contribution in [0.25, 0.3) is 6.08 Å². The van der Waals surface area contributed by atoms with Crippen LogP contribution in [0.4, 0.5) is 0 Å². The number of Topliss-reactive ketones (excluding diaryl/α,β-unsaturated/α-hetero) is 1. The van der Waals surface area contributed by atoms with Gasteiger partial charge in [0.2, 0.25) is 0 Å². The maximum atomic E-state index is 11.9. The number of carbonyl (C=O) groups excluding carboxylic acids is 1. The van der Waals surface area contributed by atoms with Gasteiger partial charge < -0.3 is 0 Å². The van der Waals surface area contributed by atoms with Crippen molar-refractivity contribution in [2.24, 2.45) is 17.8 Å². The topological polar surface area (TPSA) is 17.1 Å². The van der Waals surface area contributed by atoms with Crippen molar-refractivity contribution in [1.82, 2.24) is 0 Å². The van der Waals surface area contributed by atoms with Crippen LogP contribution in [-0.2, 0) is 4.79 Å². The zero-order chi connectivity index (χ0) is 13.7. The van der Waals surface area contributed by atoms with E-state index in [0.717, 1.165) is 12.8 Å². The van der Waals surface area contributed by atoms with Crippen LogP contribution in [0.15, 0.2) is 49.1 Å². The lowest BCUT2D eigenvalue weighted by Crippen LogP contribution is -2.16. The monoisotopic (exact) mass is 254 g/mol. The van der Waals surface area contributed by atoms with Crippen molar-refractivity contribution >= 4 is 11.9 Å². The van der Waals surface area contributed by atoms with Gasteiger partial charge in [-0.05, 0) is 30.2 Å². The van der Waals surface area contributed by atoms with Crippen LogP contribution < -0.4 is 0 Å². The molecule has 0 bridgehead atoms. The van der Waals surface area contributed by atoms with E-state index in [9.17, 15) is 4.79 Å². The largest absolute Gasteiger partial charge is 0.299 e. The lowest BCUT2D eigenvalue weighted by atomic mass is 9.91. The fourth-order valence-electron chi connectivity index (χ4n) is 2.97. The summed E-state index contributed by atoms with van der Waals surface area (Å²) in [4.78, 5) is 11.9. The van der Waals surface area contributed by atoms with Crippen molar-refractivity contribution < 1.29 is 4.79 Å². The Kier molecular flexibility index (Phi) is 4.73. The lowest BCUT2D eigenvalue weighted by Gasteiger charge is -2.12. The van der Waals surface area contributed by atoms with E-state index in [-0.39, 0.29) is 5.92 Å². The summed E-state index contributed by atoms with van der Waals surface area (Å²) in [5, 5.41) is 0. The van der Waals surface area contributed by atoms with Crippen LogP contribution >= 0.6 is 0 Å². The predicted octanol–water partition coefficient (Wildman–Crippen LogP) is 4.51. The molecule has 1 aromatic carbocycles. The van der Waals surface area contributed by atoms with Gasteiger partial charge in [-0.3, -0.25) is 4.79 Å². The summed E-state index contributed by atoms with van der Waals surface area (Å²) in [7, 11) is 0. The molecule has 0 spiro atoms. The molecule has 0 amide bonds. The molecule has 1 aliphatic rings. The summed E-state index contributed by atoms with van der Waals surface area (Å²) in [5.74, 6) is 1.44. The van der Waals surface area contributed by atoms with Gasteiger partial charge >= 0.3 is 0 Å². The summed E-state index contributed by atoms with van der Waals surface area (Å²) in [6.45, 7) is 5.84. The van der Waals surface area contributed by atoms with E-state index in [4.69, 9.17) is 0 Å². The summed E-state index contributed by atoms with van der Waals surface area (Å²) in [6.07, 6.45) is 9.08. The highest BCUT2D eigenvalue weighted by Gasteiger charge is 2.34. The van der Waals surface area contributed by atoms with Gasteiger partial charge in [0.25, 0.3) is 0 Å². The normalized spacial score (nSPS) is 26.7. The second kappa shape index (κ2) is 6.51. The van der Waals surface area contributed by atoms with E-state index in [1.807, 2.05) is 31.2 Å². The lowest BCUT2D eigenvalue weighted by molar-refractivity contribution is -0.123. The summed E-state index contributed by atoms with van der Waals surface area (Å²) in [5.41, 5.74) is 1.22. The Labute approximate surface area is 116 Å². The molecule has 3 atom stereocenters. The Hall–Kier alpha value is -1.63. The molecule has 1 aromatic rings. The van der Waals surface area contributed by atoms with Gasteiger partial charge in [-0.25, -0.2) is 0 Å². The van der Waals surface area contributed by atoms with Crippen molar-refractivity contribution in [1.29, 1.82) is 0 Å². The first-order valence-electron chi connectivity index (χ1n) is 7.13. The highest BCUT2D eigenvalue weighted by atomic mass is 16.1. The fourth-order valence-corrected chi connectivity index (χ4v) is 2.97. The smallest absolute Gasteiger partial charge is 0.136 e. The predicted molar refractivity (Wildman–Crippen MR) is 80.7 cm³/mol. The molecular weight excluding hydrogens is 232 g/mol. The maximum absolute atomic E-state index is 11.9. The molecule has 3 unspecified atom stereocenters. The quantitative estimate of drug-likeness (QED) is 0.707. The van der Waals surface area contributed by atoms with Gasteiger partial charge in [-0.2, -0.15) is 0 Å². The molecule has 0 N–H and O–H groups in total. The van der Waals surface area contributed by atoms with Crippen LogP contribution in [0.1, 0.15) is 31.7 Å². The number of rotatable bonds is 5. The standard InChI is InChI=1S/C18H22O/c1-3-16-12-15(13-17(16)18(19)4-2)11-10-14-8-6-5-7-9-14/h3,5-11,15-17H,1,4,12-13H2,2H3/b11-10+. The molecule has 19 heavy (non-hydrogen) atoms. The average Bonchev–Trinajstić information content (AvgIpc) is 2.88. The van der Waals surface area contributed by atoms with Crippen molar-refractivity contribution in [3.8, 4) is 0 Å². The molecule has 1 nitrogen and oxygen atoms in total. The SMILES string of the molecule is C=CC1CC(/C=C/c2ccccc2)CC1C(=O)CC. The third-order valence-electron chi connectivity index (χ3n) is 4.07. The van der Waals surface area contributed by atoms with Gasteiger partial charge in [0.1, 0.15) is 5.78 Å². The van der Waals surface area contributed by atoms with Gasteiger partial charge in [0, 0.05) is 12.3 Å². The number of ketones is 1. The molecule has 1 aliphatic carbocycles. The molecule has 0 saturated heterocycles. The van der Waals surface area contributed by atoms with Crippen LogP contribution in [-0.4, -0.2) is 5.78 Å². The molecule has 1 saturated carbocycles. The maximum Gasteiger partial charge on any atom is 0.136 e. The first-order valence-corrected chi connectivity index (χ1v) is 7.13. The van der Waals surface area contributed by atoms with E-state index in [0.29, 0.717) is 24.0 Å². The highest BCUT2D eigenvalue weighted by Crippen LogP contribution is 2.39. The van der Waals surface area contributed by atoms with Gasteiger partial charge in [-0.15, -0.1) is 6.58 Å². The third kappa shape index (κ3) is 3.44. The molecule has 0 aromatic heterocycles. The highest BCUT2D eigenvalue weighted by molar-refractivity contribution is 5.81. The minimum absolute atomic E-state index is 0.188. The summed E-state index contributed by atoms with van der Waals surface area (Å²) >= 11 is 0. The minimum atomic E-state index is 0.188. The average molecular weight is 254 g/mol. The van der Waals surface area contributed by atoms with Crippen molar-refractivity contribution in [2.45, 2.75) is 26.2 Å². The molecule has 100 valence electrons. The third-order valence-corrected chi connectivity index (χ3v) is 4.07. The second-order valence-electron chi connectivity index (χ2n) is 5.33. The van der Waals surface area contributed by atoms with E-state index in [2.05, 4.69) is 30.9 Å². The van der Waals surface area contributed by atoms with E-state index in [1.165, 1.54) is 5.56 Å². The Morgan fingerprint density at radius 3 is 2.68 bits per heavy atom. The van der Waals surface area contributed by atoms with Crippen LogP contribution in [0, 0.1) is 17.8 Å². The van der Waals surface area contributed by atoms with Gasteiger partial charge in [0.05, 0.1) is 0 Å². The number of hydrogen-bond acceptors (Lipinski definition) is 1. The summed E-state index contributed by atoms with van der Waals surface area (Å²) < 4.78 is 0. The molecule has 1 heteroatoms. The van der Waals surface area contributed by atoms with Crippen molar-refractivity contribution in [2.75, 3.05) is 0 Å². The number of allylic oxidation sites excluding steroid dienone is 2. The van der Waals surface area contributed by atoms with Gasteiger partial charge in [0.15, 0.2) is 0 Å². The summed E-state index contributed by atoms with van der Waals surface area (Å²) in [6, 6.07) is 10.3. The van der Waals surface area contributed by atoms with Crippen molar-refractivity contribution in [3.63, 3.8) is 0 Å². The Bertz CT molecular complexity index is 458. The molecule has 2 rings (SSSR count). The molecule has 0 radical (unpaired) electrons. The van der Waals surface area contributed by atoms with Crippen molar-refractivity contribution in [3.05, 3.63) is 54.6 Å². The molecular formula is C18H22O. The Morgan fingerprint density at radius 2 is 2.05 bits per heavy atom. The first kappa shape index (κ1) is 13.8. The fraction of sp³-hybridized carbons (Fsp3) is 0.389. The zero-order valence-electron chi connectivity index (χ0n) is 11.6. The number of hydrogen-bond donors (Lipinski definition) is 0. The van der Waals surface area contributed by atoms with Crippen LogP contribution in [0.2, 0.25) is 0 Å². The second-order valence-corrected chi connectivity index (χ2v) is 5.33. The Balaban J connectivity index is 2.02. The van der Waals surface area contributed by atoms with E-state index in [1.54, 1.807) is 0 Å². The first-order chi connectivity index (χ1) is 9.24. The minimum Gasteiger partial charge on any atom is -0.299 e. The number of carbonyl (C=O) groups is 1. The van der Waals surface area contributed by atoms with Crippen LogP contribution in [0.5, 0.6) is 0 Å². The van der Waals surface area contributed by atoms with E-state index >= 15 is 0 Å². The number of benzene rings is 1. The van der Waals surface area contributed by atoms with Crippen LogP contribution in [0.3, 0.4) is 0 Å². The molecule has 1 fully saturated rings. The van der Waals surface area contributed by atoms with Gasteiger partial charge in [-0.1, -0.05) is 55.5 Å². The zero-order valence-corrected chi connectivity index (χ0v) is 11.6.